The van der Waals surface area contributed by atoms with Crippen molar-refractivity contribution in [3.8, 4) is 0 Å². The SMILES string of the molecule is O=C(O)C1=C(CNC(=O)c2ccncc2)CS[C@H]2C(NC(=O)C(c3ccccc3)S(=O)(=O)O)C(=O)N12. The first-order valence-corrected chi connectivity index (χ1v) is 13.0. The summed E-state index contributed by atoms with van der Waals surface area (Å²) in [7, 11) is -4.86. The lowest BCUT2D eigenvalue weighted by atomic mass is 10.0. The van der Waals surface area contributed by atoms with Gasteiger partial charge in [-0.15, -0.1) is 11.8 Å². The van der Waals surface area contributed by atoms with Gasteiger partial charge in [0.1, 0.15) is 17.1 Å². The minimum atomic E-state index is -4.86. The number of amides is 3. The van der Waals surface area contributed by atoms with E-state index < -0.39 is 50.5 Å². The van der Waals surface area contributed by atoms with E-state index in [0.717, 1.165) is 16.7 Å². The minimum absolute atomic E-state index is 0.00997. The fourth-order valence-electron chi connectivity index (χ4n) is 3.93. The van der Waals surface area contributed by atoms with E-state index in [9.17, 15) is 37.3 Å². The average molecular weight is 533 g/mol. The Morgan fingerprint density at radius 2 is 1.81 bits per heavy atom. The molecule has 4 rings (SSSR count). The number of benzene rings is 1. The van der Waals surface area contributed by atoms with Crippen molar-refractivity contribution >= 4 is 45.6 Å². The lowest BCUT2D eigenvalue weighted by Crippen LogP contribution is -2.71. The molecule has 188 valence electrons. The second-order valence-electron chi connectivity index (χ2n) is 7.88. The molecule has 0 radical (unpaired) electrons. The van der Waals surface area contributed by atoms with Crippen LogP contribution in [0.2, 0.25) is 0 Å². The summed E-state index contributed by atoms with van der Waals surface area (Å²) < 4.78 is 33.4. The quantitative estimate of drug-likeness (QED) is 0.270. The molecule has 1 saturated heterocycles. The van der Waals surface area contributed by atoms with Crippen molar-refractivity contribution in [2.45, 2.75) is 16.7 Å². The highest BCUT2D eigenvalue weighted by Crippen LogP contribution is 2.40. The summed E-state index contributed by atoms with van der Waals surface area (Å²) in [6, 6.07) is 9.08. The molecule has 4 N–H and O–H groups in total. The smallest absolute Gasteiger partial charge is 0.352 e. The van der Waals surface area contributed by atoms with Crippen LogP contribution >= 0.6 is 11.8 Å². The third-order valence-electron chi connectivity index (χ3n) is 5.59. The Labute approximate surface area is 209 Å². The number of nitrogens with zero attached hydrogens (tertiary/aromatic N) is 2. The van der Waals surface area contributed by atoms with Crippen LogP contribution in [0, 0.1) is 0 Å². The summed E-state index contributed by atoms with van der Waals surface area (Å²) >= 11 is 1.15. The van der Waals surface area contributed by atoms with Crippen LogP contribution < -0.4 is 10.6 Å². The van der Waals surface area contributed by atoms with Gasteiger partial charge in [-0.1, -0.05) is 30.3 Å². The Morgan fingerprint density at radius 3 is 2.42 bits per heavy atom. The molecule has 1 aromatic heterocycles. The molecule has 2 aromatic rings. The van der Waals surface area contributed by atoms with Crippen molar-refractivity contribution in [2.75, 3.05) is 12.3 Å². The van der Waals surface area contributed by atoms with Crippen LogP contribution in [-0.4, -0.2) is 75.4 Å². The highest BCUT2D eigenvalue weighted by Gasteiger charge is 2.55. The number of carboxylic acid groups (broad SMARTS) is 1. The molecule has 0 saturated carbocycles. The maximum atomic E-state index is 12.9. The zero-order valence-electron chi connectivity index (χ0n) is 18.4. The van der Waals surface area contributed by atoms with Gasteiger partial charge in [-0.05, 0) is 23.3 Å². The maximum Gasteiger partial charge on any atom is 0.352 e. The summed E-state index contributed by atoms with van der Waals surface area (Å²) in [6.45, 7) is -0.123. The summed E-state index contributed by atoms with van der Waals surface area (Å²) in [5.74, 6) is -3.55. The van der Waals surface area contributed by atoms with E-state index >= 15 is 0 Å². The first-order valence-electron chi connectivity index (χ1n) is 10.5. The normalized spacial score (nSPS) is 20.1. The predicted octanol–water partition coefficient (Wildman–Crippen LogP) is 0.179. The lowest BCUT2D eigenvalue weighted by molar-refractivity contribution is -0.150. The van der Waals surface area contributed by atoms with Gasteiger partial charge in [-0.2, -0.15) is 8.42 Å². The molecule has 0 aliphatic carbocycles. The number of carboxylic acids is 1. The first kappa shape index (κ1) is 25.3. The van der Waals surface area contributed by atoms with E-state index in [0.29, 0.717) is 11.1 Å². The number of aromatic nitrogens is 1. The average Bonchev–Trinajstić information content (AvgIpc) is 2.85. The monoisotopic (exact) mass is 532 g/mol. The van der Waals surface area contributed by atoms with Gasteiger partial charge in [0.15, 0.2) is 5.25 Å². The van der Waals surface area contributed by atoms with Gasteiger partial charge in [-0.3, -0.25) is 28.8 Å². The number of hydrogen-bond donors (Lipinski definition) is 4. The fourth-order valence-corrected chi connectivity index (χ4v) is 6.11. The van der Waals surface area contributed by atoms with E-state index in [1.807, 2.05) is 0 Å². The van der Waals surface area contributed by atoms with Crippen LogP contribution in [-0.2, 0) is 24.5 Å². The molecule has 0 bridgehead atoms. The number of fused-ring (bicyclic) bond motifs is 1. The predicted molar refractivity (Wildman–Crippen MR) is 127 cm³/mol. The van der Waals surface area contributed by atoms with Crippen LogP contribution in [0.1, 0.15) is 21.2 Å². The van der Waals surface area contributed by atoms with Crippen molar-refractivity contribution in [2.24, 2.45) is 0 Å². The third-order valence-corrected chi connectivity index (χ3v) is 8.01. The van der Waals surface area contributed by atoms with Crippen molar-refractivity contribution in [3.63, 3.8) is 0 Å². The zero-order chi connectivity index (χ0) is 26.0. The number of carbonyl (C=O) groups is 4. The fraction of sp³-hybridized carbons (Fsp3) is 0.227. The number of hydrogen-bond acceptors (Lipinski definition) is 8. The van der Waals surface area contributed by atoms with E-state index in [1.54, 1.807) is 6.07 Å². The molecule has 0 spiro atoms. The molecule has 12 nitrogen and oxygen atoms in total. The number of nitrogens with one attached hydrogen (secondary N) is 2. The lowest BCUT2D eigenvalue weighted by Gasteiger charge is -2.49. The van der Waals surface area contributed by atoms with Gasteiger partial charge < -0.3 is 15.7 Å². The van der Waals surface area contributed by atoms with E-state index in [-0.39, 0.29) is 23.6 Å². The Kier molecular flexibility index (Phi) is 7.10. The molecular weight excluding hydrogens is 512 g/mol. The summed E-state index contributed by atoms with van der Waals surface area (Å²) in [6.07, 6.45) is 2.88. The minimum Gasteiger partial charge on any atom is -0.477 e. The van der Waals surface area contributed by atoms with E-state index in [1.165, 1.54) is 48.8 Å². The maximum absolute atomic E-state index is 12.9. The Bertz CT molecular complexity index is 1350. The molecular formula is C22H20N4O8S2. The van der Waals surface area contributed by atoms with Crippen LogP contribution in [0.4, 0.5) is 0 Å². The van der Waals surface area contributed by atoms with Crippen molar-refractivity contribution in [1.29, 1.82) is 0 Å². The Balaban J connectivity index is 1.50. The summed E-state index contributed by atoms with van der Waals surface area (Å²) in [5.41, 5.74) is 0.331. The Hall–Kier alpha value is -3.75. The van der Waals surface area contributed by atoms with E-state index in [2.05, 4.69) is 15.6 Å². The molecule has 2 aliphatic rings. The summed E-state index contributed by atoms with van der Waals surface area (Å²) in [4.78, 5) is 54.8. The van der Waals surface area contributed by atoms with Gasteiger partial charge in [0.2, 0.25) is 5.91 Å². The molecule has 2 aliphatic heterocycles. The molecule has 2 unspecified atom stereocenters. The molecule has 14 heteroatoms. The number of pyridine rings is 1. The van der Waals surface area contributed by atoms with Crippen LogP contribution in [0.3, 0.4) is 0 Å². The van der Waals surface area contributed by atoms with Gasteiger partial charge in [0, 0.05) is 30.3 Å². The van der Waals surface area contributed by atoms with Crippen molar-refractivity contribution in [1.82, 2.24) is 20.5 Å². The molecule has 1 fully saturated rings. The third kappa shape index (κ3) is 4.96. The van der Waals surface area contributed by atoms with E-state index in [4.69, 9.17) is 0 Å². The highest BCUT2D eigenvalue weighted by molar-refractivity contribution is 8.00. The first-order chi connectivity index (χ1) is 17.1. The molecule has 36 heavy (non-hydrogen) atoms. The van der Waals surface area contributed by atoms with Crippen LogP contribution in [0.15, 0.2) is 66.1 Å². The topological polar surface area (TPSA) is 183 Å². The van der Waals surface area contributed by atoms with Crippen molar-refractivity contribution < 1.29 is 37.3 Å². The standard InChI is InChI=1S/C22H20N4O8S2/c27-18(13-6-8-23-9-7-13)24-10-14-11-35-21-15(20(29)26(21)16(14)22(30)31)25-19(28)17(36(32,33)34)12-4-2-1-3-5-12/h1-9,15,17,21H,10-11H2,(H,24,27)(H,25,28)(H,30,31)(H,32,33,34)/t15?,17?,21-/m0/s1. The zero-order valence-corrected chi connectivity index (χ0v) is 20.0. The molecule has 3 atom stereocenters. The number of β-lactam (4-membered cyclic amide) rings is 1. The second-order valence-corrected chi connectivity index (χ2v) is 10.5. The van der Waals surface area contributed by atoms with Gasteiger partial charge in [0.05, 0.1) is 0 Å². The van der Waals surface area contributed by atoms with Gasteiger partial charge in [0.25, 0.3) is 21.9 Å². The second kappa shape index (κ2) is 10.1. The van der Waals surface area contributed by atoms with Gasteiger partial charge in [-0.25, -0.2) is 4.79 Å². The number of carbonyl (C=O) groups excluding carboxylic acids is 3. The van der Waals surface area contributed by atoms with Crippen LogP contribution in [0.25, 0.3) is 0 Å². The number of thioether (sulfide) groups is 1. The molecule has 1 aromatic carbocycles. The van der Waals surface area contributed by atoms with Crippen molar-refractivity contribution in [3.05, 3.63) is 77.3 Å². The number of aliphatic carboxylic acids is 1. The Morgan fingerprint density at radius 1 is 1.14 bits per heavy atom. The number of rotatable bonds is 8. The van der Waals surface area contributed by atoms with Crippen LogP contribution in [0.5, 0.6) is 0 Å². The largest absolute Gasteiger partial charge is 0.477 e. The van der Waals surface area contributed by atoms with Gasteiger partial charge >= 0.3 is 5.97 Å². The highest BCUT2D eigenvalue weighted by atomic mass is 32.2. The summed E-state index contributed by atoms with van der Waals surface area (Å²) in [5, 5.41) is 12.0. The molecule has 3 amide bonds. The molecule has 3 heterocycles.